The van der Waals surface area contributed by atoms with Gasteiger partial charge in [0.25, 0.3) is 0 Å². The molecule has 0 aliphatic carbocycles. The molecule has 1 aliphatic heterocycles. The number of thioether (sulfide) groups is 1. The summed E-state index contributed by atoms with van der Waals surface area (Å²) in [5.41, 5.74) is 0. The van der Waals surface area contributed by atoms with Crippen molar-refractivity contribution in [2.45, 2.75) is 12.2 Å². The summed E-state index contributed by atoms with van der Waals surface area (Å²) >= 11 is 7.34. The zero-order chi connectivity index (χ0) is 9.90. The molecule has 3 nitrogen and oxygen atoms in total. The van der Waals surface area contributed by atoms with Crippen molar-refractivity contribution >= 4 is 33.4 Å². The maximum Gasteiger partial charge on any atom is 0.217 e. The first-order valence-electron chi connectivity index (χ1n) is 4.21. The van der Waals surface area contributed by atoms with E-state index in [1.807, 2.05) is 0 Å². The van der Waals surface area contributed by atoms with Crippen LogP contribution in [0.4, 0.5) is 0 Å². The fourth-order valence-electron chi connectivity index (χ4n) is 1.14. The first kappa shape index (κ1) is 11.6. The molecule has 1 fully saturated rings. The molecule has 1 heterocycles. The van der Waals surface area contributed by atoms with Crippen LogP contribution in [0.25, 0.3) is 0 Å². The minimum Gasteiger partial charge on any atom is -0.212 e. The minimum absolute atomic E-state index is 0.173. The summed E-state index contributed by atoms with van der Waals surface area (Å²) < 4.78 is 25.0. The summed E-state index contributed by atoms with van der Waals surface area (Å²) in [7, 11) is -3.12. The van der Waals surface area contributed by atoms with Gasteiger partial charge in [0.15, 0.2) is 0 Å². The van der Waals surface area contributed by atoms with Crippen LogP contribution in [0.3, 0.4) is 0 Å². The summed E-state index contributed by atoms with van der Waals surface area (Å²) in [4.78, 5) is 0. The van der Waals surface area contributed by atoms with Crippen LogP contribution in [-0.4, -0.2) is 48.4 Å². The SMILES string of the molecule is CC(CCl)S(=O)(=O)N1CCSCC1. The molecule has 1 unspecified atom stereocenters. The lowest BCUT2D eigenvalue weighted by Crippen LogP contribution is -2.42. The van der Waals surface area contributed by atoms with Crippen molar-refractivity contribution in [2.24, 2.45) is 0 Å². The highest BCUT2D eigenvalue weighted by molar-refractivity contribution is 7.99. The predicted molar refractivity (Wildman–Crippen MR) is 58.0 cm³/mol. The molecule has 0 bridgehead atoms. The van der Waals surface area contributed by atoms with Gasteiger partial charge in [0.1, 0.15) is 0 Å². The lowest BCUT2D eigenvalue weighted by molar-refractivity contribution is 0.438. The Labute approximate surface area is 88.9 Å². The zero-order valence-electron chi connectivity index (χ0n) is 7.57. The van der Waals surface area contributed by atoms with E-state index in [0.717, 1.165) is 11.5 Å². The number of hydrogen-bond donors (Lipinski definition) is 0. The molecule has 0 aromatic carbocycles. The van der Waals surface area contributed by atoms with Gasteiger partial charge in [0, 0.05) is 30.5 Å². The number of alkyl halides is 1. The van der Waals surface area contributed by atoms with Crippen LogP contribution < -0.4 is 0 Å². The summed E-state index contributed by atoms with van der Waals surface area (Å²) in [5.74, 6) is 1.97. The van der Waals surface area contributed by atoms with Crippen molar-refractivity contribution in [3.05, 3.63) is 0 Å². The normalized spacial score (nSPS) is 22.9. The van der Waals surface area contributed by atoms with E-state index in [9.17, 15) is 8.42 Å². The largest absolute Gasteiger partial charge is 0.217 e. The van der Waals surface area contributed by atoms with Gasteiger partial charge in [-0.1, -0.05) is 0 Å². The second kappa shape index (κ2) is 4.87. The van der Waals surface area contributed by atoms with Crippen molar-refractivity contribution in [3.63, 3.8) is 0 Å². The Morgan fingerprint density at radius 2 is 2.00 bits per heavy atom. The third-order valence-corrected chi connectivity index (χ3v) is 5.91. The Morgan fingerprint density at radius 1 is 1.46 bits per heavy atom. The molecular weight excluding hydrogens is 230 g/mol. The number of sulfonamides is 1. The number of rotatable bonds is 3. The molecule has 0 aromatic rings. The molecule has 0 saturated carbocycles. The third-order valence-electron chi connectivity index (χ3n) is 2.06. The van der Waals surface area contributed by atoms with Crippen LogP contribution in [-0.2, 0) is 10.0 Å². The van der Waals surface area contributed by atoms with Gasteiger partial charge >= 0.3 is 0 Å². The molecule has 78 valence electrons. The Hall–Kier alpha value is 0.550. The average Bonchev–Trinajstić information content (AvgIpc) is 2.18. The monoisotopic (exact) mass is 243 g/mol. The molecular formula is C7H14ClNO2S2. The Bertz CT molecular complexity index is 249. The summed E-state index contributed by atoms with van der Waals surface area (Å²) in [5, 5.41) is -0.461. The molecule has 1 saturated heterocycles. The lowest BCUT2D eigenvalue weighted by atomic mass is 10.6. The summed E-state index contributed by atoms with van der Waals surface area (Å²) in [6.07, 6.45) is 0. The van der Waals surface area contributed by atoms with Gasteiger partial charge in [-0.3, -0.25) is 0 Å². The van der Waals surface area contributed by atoms with Crippen LogP contribution >= 0.6 is 23.4 Å². The molecule has 0 amide bonds. The Kier molecular flexibility index (Phi) is 4.35. The Balaban J connectivity index is 2.67. The molecule has 6 heteroatoms. The van der Waals surface area contributed by atoms with Crippen molar-refractivity contribution in [1.82, 2.24) is 4.31 Å². The van der Waals surface area contributed by atoms with E-state index in [2.05, 4.69) is 0 Å². The average molecular weight is 244 g/mol. The fourth-order valence-corrected chi connectivity index (χ4v) is 4.11. The fraction of sp³-hybridized carbons (Fsp3) is 1.00. The van der Waals surface area contributed by atoms with Gasteiger partial charge < -0.3 is 0 Å². The van der Waals surface area contributed by atoms with Crippen molar-refractivity contribution in [2.75, 3.05) is 30.5 Å². The van der Waals surface area contributed by atoms with Crippen molar-refractivity contribution in [1.29, 1.82) is 0 Å². The van der Waals surface area contributed by atoms with Gasteiger partial charge in [0.05, 0.1) is 5.25 Å². The first-order chi connectivity index (χ1) is 6.09. The third kappa shape index (κ3) is 2.75. The van der Waals surface area contributed by atoms with E-state index in [-0.39, 0.29) is 5.88 Å². The van der Waals surface area contributed by atoms with E-state index in [0.29, 0.717) is 13.1 Å². The van der Waals surface area contributed by atoms with E-state index >= 15 is 0 Å². The van der Waals surface area contributed by atoms with Gasteiger partial charge in [-0.05, 0) is 6.92 Å². The quantitative estimate of drug-likeness (QED) is 0.694. The molecule has 0 aromatic heterocycles. The summed E-state index contributed by atoms with van der Waals surface area (Å²) in [6.45, 7) is 2.92. The highest BCUT2D eigenvalue weighted by atomic mass is 35.5. The van der Waals surface area contributed by atoms with Crippen molar-refractivity contribution < 1.29 is 8.42 Å². The topological polar surface area (TPSA) is 37.4 Å². The first-order valence-corrected chi connectivity index (χ1v) is 7.41. The van der Waals surface area contributed by atoms with Gasteiger partial charge in [-0.25, -0.2) is 12.7 Å². The van der Waals surface area contributed by atoms with Gasteiger partial charge in [-0.15, -0.1) is 11.6 Å². The van der Waals surface area contributed by atoms with E-state index in [1.54, 1.807) is 23.0 Å². The number of hydrogen-bond acceptors (Lipinski definition) is 3. The van der Waals surface area contributed by atoms with Crippen LogP contribution in [0, 0.1) is 0 Å². The zero-order valence-corrected chi connectivity index (χ0v) is 9.96. The maximum atomic E-state index is 11.7. The van der Waals surface area contributed by atoms with Crippen LogP contribution in [0.1, 0.15) is 6.92 Å². The van der Waals surface area contributed by atoms with Crippen molar-refractivity contribution in [3.8, 4) is 0 Å². The van der Waals surface area contributed by atoms with Crippen LogP contribution in [0.5, 0.6) is 0 Å². The lowest BCUT2D eigenvalue weighted by Gasteiger charge is -2.27. The smallest absolute Gasteiger partial charge is 0.212 e. The highest BCUT2D eigenvalue weighted by Crippen LogP contribution is 2.16. The van der Waals surface area contributed by atoms with E-state index < -0.39 is 15.3 Å². The second-order valence-electron chi connectivity index (χ2n) is 3.02. The van der Waals surface area contributed by atoms with Crippen LogP contribution in [0.2, 0.25) is 0 Å². The molecule has 0 spiro atoms. The van der Waals surface area contributed by atoms with E-state index in [4.69, 9.17) is 11.6 Å². The van der Waals surface area contributed by atoms with Gasteiger partial charge in [-0.2, -0.15) is 11.8 Å². The number of nitrogens with zero attached hydrogens (tertiary/aromatic N) is 1. The van der Waals surface area contributed by atoms with E-state index in [1.165, 1.54) is 0 Å². The molecule has 1 atom stereocenters. The van der Waals surface area contributed by atoms with Gasteiger partial charge in [0.2, 0.25) is 10.0 Å². The maximum absolute atomic E-state index is 11.7. The molecule has 13 heavy (non-hydrogen) atoms. The Morgan fingerprint density at radius 3 is 2.46 bits per heavy atom. The van der Waals surface area contributed by atoms with Crippen LogP contribution in [0.15, 0.2) is 0 Å². The molecule has 0 radical (unpaired) electrons. The molecule has 1 rings (SSSR count). The standard InChI is InChI=1S/C7H14ClNO2S2/c1-7(6-8)13(10,11)9-2-4-12-5-3-9/h7H,2-6H2,1H3. The number of halogens is 1. The molecule has 1 aliphatic rings. The molecule has 0 N–H and O–H groups in total. The minimum atomic E-state index is -3.12. The summed E-state index contributed by atoms with van der Waals surface area (Å²) in [6, 6.07) is 0. The predicted octanol–water partition coefficient (Wildman–Crippen LogP) is 0.992. The highest BCUT2D eigenvalue weighted by Gasteiger charge is 2.28. The second-order valence-corrected chi connectivity index (χ2v) is 6.91.